The third-order valence-corrected chi connectivity index (χ3v) is 5.43. The molecule has 0 spiro atoms. The van der Waals surface area contributed by atoms with Gasteiger partial charge in [-0.2, -0.15) is 13.2 Å². The van der Waals surface area contributed by atoms with E-state index in [1.54, 1.807) is 0 Å². The number of carbonyl (C=O) groups is 3. The summed E-state index contributed by atoms with van der Waals surface area (Å²) < 4.78 is 46.3. The maximum Gasteiger partial charge on any atom is 0.418 e. The highest BCUT2D eigenvalue weighted by Gasteiger charge is 2.46. The lowest BCUT2D eigenvalue weighted by atomic mass is 9.84. The van der Waals surface area contributed by atoms with E-state index in [-0.39, 0.29) is 50.4 Å². The molecule has 1 saturated heterocycles. The van der Waals surface area contributed by atoms with Crippen LogP contribution in [-0.2, 0) is 25.3 Å². The Morgan fingerprint density at radius 3 is 2.48 bits per heavy atom. The Balaban J connectivity index is 1.93. The molecular formula is C19H22F3N3O4. The number of nitrogens with two attached hydrogens (primary N) is 1. The van der Waals surface area contributed by atoms with E-state index in [9.17, 15) is 27.6 Å². The molecule has 0 aromatic heterocycles. The molecule has 3 amide bonds. The zero-order chi connectivity index (χ0) is 21.2. The van der Waals surface area contributed by atoms with Gasteiger partial charge < -0.3 is 20.7 Å². The molecule has 1 aromatic rings. The van der Waals surface area contributed by atoms with Gasteiger partial charge in [0, 0.05) is 12.2 Å². The van der Waals surface area contributed by atoms with E-state index in [0.717, 1.165) is 17.0 Å². The van der Waals surface area contributed by atoms with Crippen LogP contribution < -0.4 is 16.0 Å². The smallest absolute Gasteiger partial charge is 0.379 e. The van der Waals surface area contributed by atoms with Crippen LogP contribution in [-0.4, -0.2) is 37.5 Å². The fourth-order valence-corrected chi connectivity index (χ4v) is 3.82. The monoisotopic (exact) mass is 413 g/mol. The van der Waals surface area contributed by atoms with Crippen molar-refractivity contribution in [3.05, 3.63) is 23.8 Å². The fourth-order valence-electron chi connectivity index (χ4n) is 3.82. The molecule has 7 nitrogen and oxygen atoms in total. The van der Waals surface area contributed by atoms with Crippen molar-refractivity contribution in [2.75, 3.05) is 30.0 Å². The minimum Gasteiger partial charge on any atom is -0.379 e. The van der Waals surface area contributed by atoms with Gasteiger partial charge >= 0.3 is 6.18 Å². The number of hydrogen-bond acceptors (Lipinski definition) is 4. The molecule has 10 heteroatoms. The van der Waals surface area contributed by atoms with Crippen molar-refractivity contribution in [3.8, 4) is 0 Å². The molecule has 1 aliphatic heterocycles. The molecule has 0 unspecified atom stereocenters. The van der Waals surface area contributed by atoms with E-state index in [1.807, 2.05) is 0 Å². The second-order valence-electron chi connectivity index (χ2n) is 7.25. The van der Waals surface area contributed by atoms with Crippen molar-refractivity contribution in [3.63, 3.8) is 0 Å². The fraction of sp³-hybridized carbons (Fsp3) is 0.526. The number of anilines is 2. The number of benzene rings is 1. The first kappa shape index (κ1) is 21.1. The van der Waals surface area contributed by atoms with E-state index in [1.165, 1.54) is 6.07 Å². The van der Waals surface area contributed by atoms with Gasteiger partial charge in [0.1, 0.15) is 5.41 Å². The number of rotatable bonds is 4. The number of nitrogens with one attached hydrogen (secondary N) is 1. The minimum absolute atomic E-state index is 0.00158. The number of alkyl halides is 3. The van der Waals surface area contributed by atoms with Crippen molar-refractivity contribution in [1.82, 2.24) is 0 Å². The molecule has 0 bridgehead atoms. The molecule has 3 N–H and O–H groups in total. The van der Waals surface area contributed by atoms with Crippen LogP contribution in [0.5, 0.6) is 0 Å². The van der Waals surface area contributed by atoms with Crippen LogP contribution in [0, 0.1) is 5.41 Å². The number of primary amides is 1. The molecule has 1 saturated carbocycles. The van der Waals surface area contributed by atoms with E-state index < -0.39 is 34.9 Å². The van der Waals surface area contributed by atoms with Gasteiger partial charge in [0.05, 0.1) is 30.9 Å². The average molecular weight is 413 g/mol. The largest absolute Gasteiger partial charge is 0.418 e. The van der Waals surface area contributed by atoms with Crippen LogP contribution in [0.2, 0.25) is 0 Å². The molecular weight excluding hydrogens is 391 g/mol. The highest BCUT2D eigenvalue weighted by molar-refractivity contribution is 6.10. The number of halogens is 3. The second kappa shape index (κ2) is 8.02. The van der Waals surface area contributed by atoms with Gasteiger partial charge in [-0.15, -0.1) is 0 Å². The van der Waals surface area contributed by atoms with Crippen LogP contribution in [0.3, 0.4) is 0 Å². The Kier molecular flexibility index (Phi) is 5.83. The Bertz CT molecular complexity index is 819. The Labute approximate surface area is 165 Å². The molecule has 29 heavy (non-hydrogen) atoms. The lowest BCUT2D eigenvalue weighted by molar-refractivity contribution is -0.139. The molecule has 2 aliphatic rings. The second-order valence-corrected chi connectivity index (χ2v) is 7.25. The van der Waals surface area contributed by atoms with Gasteiger partial charge in [0.2, 0.25) is 17.7 Å². The topological polar surface area (TPSA) is 102 Å². The maximum atomic E-state index is 13.7. The summed E-state index contributed by atoms with van der Waals surface area (Å²) in [7, 11) is 0. The molecule has 3 rings (SSSR count). The van der Waals surface area contributed by atoms with Gasteiger partial charge in [-0.3, -0.25) is 14.4 Å². The summed E-state index contributed by atoms with van der Waals surface area (Å²) in [6, 6.07) is 3.20. The summed E-state index contributed by atoms with van der Waals surface area (Å²) in [6.45, 7) is 0.279. The predicted molar refractivity (Wildman–Crippen MR) is 98.0 cm³/mol. The summed E-state index contributed by atoms with van der Waals surface area (Å²) in [6.07, 6.45) is -2.96. The van der Waals surface area contributed by atoms with Gasteiger partial charge in [-0.1, -0.05) is 12.8 Å². The molecule has 1 aliphatic carbocycles. The van der Waals surface area contributed by atoms with Crippen molar-refractivity contribution < 1.29 is 32.3 Å². The van der Waals surface area contributed by atoms with Crippen molar-refractivity contribution >= 4 is 29.1 Å². The quantitative estimate of drug-likeness (QED) is 0.741. The lowest BCUT2D eigenvalue weighted by Gasteiger charge is -2.26. The zero-order valence-corrected chi connectivity index (χ0v) is 15.7. The van der Waals surface area contributed by atoms with Crippen molar-refractivity contribution in [1.29, 1.82) is 0 Å². The first-order valence-corrected chi connectivity index (χ1v) is 9.36. The summed E-state index contributed by atoms with van der Waals surface area (Å²) in [5.74, 6) is -1.96. The molecule has 2 fully saturated rings. The number of nitrogens with zero attached hydrogens (tertiary/aromatic N) is 1. The SMILES string of the molecule is NC(=O)C1(C(=O)Nc2ccc(N3CCOCCC3=O)c(C(F)(F)F)c2)CCCC1. The third-order valence-electron chi connectivity index (χ3n) is 5.43. The van der Waals surface area contributed by atoms with Crippen LogP contribution in [0.1, 0.15) is 37.7 Å². The number of carbonyl (C=O) groups excluding carboxylic acids is 3. The van der Waals surface area contributed by atoms with Gasteiger partial charge in [-0.05, 0) is 31.0 Å². The normalized spacial score (nSPS) is 19.7. The summed E-state index contributed by atoms with van der Waals surface area (Å²) in [5, 5.41) is 2.40. The summed E-state index contributed by atoms with van der Waals surface area (Å²) >= 11 is 0. The molecule has 1 heterocycles. The number of ether oxygens (including phenoxy) is 1. The van der Waals surface area contributed by atoms with Crippen LogP contribution in [0.25, 0.3) is 0 Å². The van der Waals surface area contributed by atoms with E-state index in [4.69, 9.17) is 10.5 Å². The van der Waals surface area contributed by atoms with Gasteiger partial charge in [0.25, 0.3) is 0 Å². The molecule has 0 atom stereocenters. The van der Waals surface area contributed by atoms with Crippen molar-refractivity contribution in [2.24, 2.45) is 11.1 Å². The van der Waals surface area contributed by atoms with Gasteiger partial charge in [-0.25, -0.2) is 0 Å². The average Bonchev–Trinajstić information content (AvgIpc) is 3.06. The highest BCUT2D eigenvalue weighted by atomic mass is 19.4. The summed E-state index contributed by atoms with van der Waals surface area (Å²) in [4.78, 5) is 37.7. The zero-order valence-electron chi connectivity index (χ0n) is 15.7. The van der Waals surface area contributed by atoms with E-state index in [0.29, 0.717) is 12.8 Å². The van der Waals surface area contributed by atoms with Crippen LogP contribution in [0.15, 0.2) is 18.2 Å². The Morgan fingerprint density at radius 2 is 1.86 bits per heavy atom. The first-order valence-electron chi connectivity index (χ1n) is 9.36. The predicted octanol–water partition coefficient (Wildman–Crippen LogP) is 2.44. The van der Waals surface area contributed by atoms with Gasteiger partial charge in [0.15, 0.2) is 0 Å². The van der Waals surface area contributed by atoms with Crippen molar-refractivity contribution in [2.45, 2.75) is 38.3 Å². The Morgan fingerprint density at radius 1 is 1.17 bits per heavy atom. The van der Waals surface area contributed by atoms with E-state index in [2.05, 4.69) is 5.32 Å². The number of amides is 3. The minimum atomic E-state index is -4.75. The molecule has 1 aromatic carbocycles. The standard InChI is InChI=1S/C19H22F3N3O4/c20-19(21,22)13-11-12(24-17(28)18(16(23)27)6-1-2-7-18)3-4-14(13)25-8-10-29-9-5-15(25)26/h3-4,11H,1-2,5-10H2,(H2,23,27)(H,24,28). The number of hydrogen-bond donors (Lipinski definition) is 2. The molecule has 158 valence electrons. The summed E-state index contributed by atoms with van der Waals surface area (Å²) in [5.41, 5.74) is 2.54. The maximum absolute atomic E-state index is 13.7. The van der Waals surface area contributed by atoms with E-state index >= 15 is 0 Å². The van der Waals surface area contributed by atoms with Crippen LogP contribution >= 0.6 is 0 Å². The van der Waals surface area contributed by atoms with Crippen LogP contribution in [0.4, 0.5) is 24.5 Å². The lowest BCUT2D eigenvalue weighted by Crippen LogP contribution is -2.45. The Hall–Kier alpha value is -2.62. The highest BCUT2D eigenvalue weighted by Crippen LogP contribution is 2.41. The third kappa shape index (κ3) is 4.21. The first-order chi connectivity index (χ1) is 13.6. The molecule has 0 radical (unpaired) electrons.